The summed E-state index contributed by atoms with van der Waals surface area (Å²) >= 11 is 0. The second-order valence-electron chi connectivity index (χ2n) is 3.16. The second-order valence-corrected chi connectivity index (χ2v) is 3.16. The number of benzene rings is 1. The average Bonchev–Trinajstić information content (AvgIpc) is 2.57. The summed E-state index contributed by atoms with van der Waals surface area (Å²) < 4.78 is 64.2. The number of alkyl halides is 5. The lowest BCUT2D eigenvalue weighted by atomic mass is 10.2. The van der Waals surface area contributed by atoms with Gasteiger partial charge < -0.3 is 4.74 Å². The van der Waals surface area contributed by atoms with Crippen molar-refractivity contribution in [1.82, 2.24) is 10.2 Å². The van der Waals surface area contributed by atoms with Gasteiger partial charge in [0.2, 0.25) is 0 Å². The number of aromatic amines is 1. The molecule has 2 aromatic rings. The van der Waals surface area contributed by atoms with E-state index in [0.717, 1.165) is 18.2 Å². The maximum absolute atomic E-state index is 12.4. The van der Waals surface area contributed by atoms with E-state index in [1.54, 1.807) is 0 Å². The summed E-state index contributed by atoms with van der Waals surface area (Å²) in [5.41, 5.74) is -0.444. The Morgan fingerprint density at radius 3 is 2.53 bits per heavy atom. The fraction of sp³-hybridized carbons (Fsp3) is 0.222. The molecule has 0 bridgehead atoms. The van der Waals surface area contributed by atoms with E-state index in [4.69, 9.17) is 0 Å². The smallest absolute Gasteiger partial charge is 0.406 e. The minimum atomic E-state index is -4.82. The molecule has 3 nitrogen and oxygen atoms in total. The Morgan fingerprint density at radius 1 is 1.24 bits per heavy atom. The van der Waals surface area contributed by atoms with Crippen LogP contribution in [-0.2, 0) is 0 Å². The Labute approximate surface area is 91.2 Å². The minimum Gasteiger partial charge on any atom is -0.406 e. The Hall–Kier alpha value is -1.86. The van der Waals surface area contributed by atoms with Gasteiger partial charge in [0, 0.05) is 11.5 Å². The third kappa shape index (κ3) is 2.45. The molecule has 0 saturated carbocycles. The lowest BCUT2D eigenvalue weighted by Crippen LogP contribution is -2.16. The molecule has 0 aliphatic heterocycles. The topological polar surface area (TPSA) is 37.9 Å². The molecule has 2 rings (SSSR count). The molecule has 0 fully saturated rings. The number of hydrogen-bond acceptors (Lipinski definition) is 2. The first-order valence-corrected chi connectivity index (χ1v) is 4.39. The maximum Gasteiger partial charge on any atom is 0.573 e. The van der Waals surface area contributed by atoms with Gasteiger partial charge in [-0.1, -0.05) is 0 Å². The molecular weight excluding hydrogens is 247 g/mol. The van der Waals surface area contributed by atoms with Crippen LogP contribution in [0.1, 0.15) is 12.1 Å². The predicted octanol–water partition coefficient (Wildman–Crippen LogP) is 3.40. The molecular formula is C9H5F5N2O. The Kier molecular flexibility index (Phi) is 2.64. The zero-order valence-corrected chi connectivity index (χ0v) is 8.05. The molecule has 0 amide bonds. The fourth-order valence-electron chi connectivity index (χ4n) is 1.38. The molecule has 0 aliphatic rings. The van der Waals surface area contributed by atoms with Crippen molar-refractivity contribution in [3.05, 3.63) is 23.9 Å². The highest BCUT2D eigenvalue weighted by atomic mass is 19.4. The molecule has 0 unspecified atom stereocenters. The number of nitrogens with one attached hydrogen (secondary N) is 1. The number of halogens is 5. The molecule has 0 spiro atoms. The van der Waals surface area contributed by atoms with Gasteiger partial charge in [-0.3, -0.25) is 5.10 Å². The number of fused-ring (bicyclic) bond motifs is 1. The van der Waals surface area contributed by atoms with Gasteiger partial charge in [0.15, 0.2) is 0 Å². The van der Waals surface area contributed by atoms with Gasteiger partial charge in [0.25, 0.3) is 6.43 Å². The van der Waals surface area contributed by atoms with Crippen LogP contribution in [0.2, 0.25) is 0 Å². The monoisotopic (exact) mass is 252 g/mol. The predicted molar refractivity (Wildman–Crippen MR) is 47.7 cm³/mol. The van der Waals surface area contributed by atoms with Crippen LogP contribution in [0, 0.1) is 0 Å². The van der Waals surface area contributed by atoms with E-state index in [1.165, 1.54) is 0 Å². The van der Waals surface area contributed by atoms with Crippen LogP contribution >= 0.6 is 0 Å². The maximum atomic E-state index is 12.4. The standard InChI is InChI=1S/C9H5F5N2O/c10-8(11)7-5-2-1-4(17-9(12,13)14)3-6(5)15-16-7/h1-3,8H,(H,15,16). The zero-order chi connectivity index (χ0) is 12.6. The summed E-state index contributed by atoms with van der Waals surface area (Å²) in [6.45, 7) is 0. The SMILES string of the molecule is FC(F)c1[nH]nc2cc(OC(F)(F)F)ccc12. The molecule has 1 aromatic carbocycles. The van der Waals surface area contributed by atoms with Gasteiger partial charge in [-0.15, -0.1) is 13.2 Å². The summed E-state index contributed by atoms with van der Waals surface area (Å²) in [7, 11) is 0. The molecule has 0 atom stereocenters. The van der Waals surface area contributed by atoms with Crippen molar-refractivity contribution >= 4 is 10.9 Å². The van der Waals surface area contributed by atoms with E-state index in [1.807, 2.05) is 0 Å². The first kappa shape index (κ1) is 11.6. The normalized spacial score (nSPS) is 12.4. The molecule has 1 aromatic heterocycles. The Balaban J connectivity index is 2.39. The van der Waals surface area contributed by atoms with Crippen LogP contribution < -0.4 is 4.74 Å². The van der Waals surface area contributed by atoms with E-state index in [2.05, 4.69) is 14.9 Å². The number of ether oxygens (including phenoxy) is 1. The molecule has 1 N–H and O–H groups in total. The van der Waals surface area contributed by atoms with E-state index in [-0.39, 0.29) is 10.9 Å². The van der Waals surface area contributed by atoms with Crippen molar-refractivity contribution in [3.63, 3.8) is 0 Å². The highest BCUT2D eigenvalue weighted by Gasteiger charge is 2.31. The molecule has 0 aliphatic carbocycles. The molecule has 0 saturated heterocycles. The number of nitrogens with zero attached hydrogens (tertiary/aromatic N) is 1. The summed E-state index contributed by atoms with van der Waals surface area (Å²) in [6, 6.07) is 2.99. The van der Waals surface area contributed by atoms with Gasteiger partial charge in [-0.25, -0.2) is 8.78 Å². The first-order valence-electron chi connectivity index (χ1n) is 4.39. The number of hydrogen-bond donors (Lipinski definition) is 1. The fourth-order valence-corrected chi connectivity index (χ4v) is 1.38. The van der Waals surface area contributed by atoms with E-state index in [9.17, 15) is 22.0 Å². The van der Waals surface area contributed by atoms with E-state index < -0.39 is 24.2 Å². The number of H-pyrrole nitrogens is 1. The summed E-state index contributed by atoms with van der Waals surface area (Å²) in [5.74, 6) is -0.502. The molecule has 1 heterocycles. The van der Waals surface area contributed by atoms with Crippen LogP contribution in [-0.4, -0.2) is 16.6 Å². The molecule has 8 heteroatoms. The largest absolute Gasteiger partial charge is 0.573 e. The second kappa shape index (κ2) is 3.86. The highest BCUT2D eigenvalue weighted by molar-refractivity contribution is 5.82. The lowest BCUT2D eigenvalue weighted by Gasteiger charge is -2.08. The van der Waals surface area contributed by atoms with Gasteiger partial charge in [-0.05, 0) is 12.1 Å². The third-order valence-corrected chi connectivity index (χ3v) is 2.01. The van der Waals surface area contributed by atoms with Crippen molar-refractivity contribution in [2.45, 2.75) is 12.8 Å². The van der Waals surface area contributed by atoms with Crippen LogP contribution in [0.15, 0.2) is 18.2 Å². The van der Waals surface area contributed by atoms with Crippen LogP contribution in [0.4, 0.5) is 22.0 Å². The average molecular weight is 252 g/mol. The van der Waals surface area contributed by atoms with Gasteiger partial charge in [0.05, 0.1) is 5.52 Å². The molecule has 0 radical (unpaired) electrons. The van der Waals surface area contributed by atoms with Crippen molar-refractivity contribution in [2.75, 3.05) is 0 Å². The highest BCUT2D eigenvalue weighted by Crippen LogP contribution is 2.30. The Bertz CT molecular complexity index is 534. The molecule has 92 valence electrons. The van der Waals surface area contributed by atoms with Crippen LogP contribution in [0.5, 0.6) is 5.75 Å². The van der Waals surface area contributed by atoms with Crippen molar-refractivity contribution < 1.29 is 26.7 Å². The third-order valence-electron chi connectivity index (χ3n) is 2.01. The Morgan fingerprint density at radius 2 is 1.94 bits per heavy atom. The summed E-state index contributed by atoms with van der Waals surface area (Å²) in [5, 5.41) is 5.61. The zero-order valence-electron chi connectivity index (χ0n) is 8.05. The van der Waals surface area contributed by atoms with E-state index in [0.29, 0.717) is 0 Å². The quantitative estimate of drug-likeness (QED) is 0.832. The van der Waals surface area contributed by atoms with Crippen LogP contribution in [0.3, 0.4) is 0 Å². The van der Waals surface area contributed by atoms with E-state index >= 15 is 0 Å². The minimum absolute atomic E-state index is 0.0120. The van der Waals surface area contributed by atoms with Crippen LogP contribution in [0.25, 0.3) is 10.9 Å². The van der Waals surface area contributed by atoms with Gasteiger partial charge in [0.1, 0.15) is 11.4 Å². The van der Waals surface area contributed by atoms with Crippen molar-refractivity contribution in [2.24, 2.45) is 0 Å². The number of aromatic nitrogens is 2. The molecule has 17 heavy (non-hydrogen) atoms. The van der Waals surface area contributed by atoms with Gasteiger partial charge in [-0.2, -0.15) is 5.10 Å². The van der Waals surface area contributed by atoms with Gasteiger partial charge >= 0.3 is 6.36 Å². The van der Waals surface area contributed by atoms with Crippen molar-refractivity contribution in [3.8, 4) is 5.75 Å². The first-order chi connectivity index (χ1) is 7.87. The number of rotatable bonds is 2. The summed E-state index contributed by atoms with van der Waals surface area (Å²) in [4.78, 5) is 0. The summed E-state index contributed by atoms with van der Waals surface area (Å²) in [6.07, 6.45) is -7.59. The van der Waals surface area contributed by atoms with Crippen molar-refractivity contribution in [1.29, 1.82) is 0 Å². The lowest BCUT2D eigenvalue weighted by molar-refractivity contribution is -0.274.